The number of carbonyl (C=O) groups excluding carboxylic acids is 1. The lowest BCUT2D eigenvalue weighted by atomic mass is 9.79. The fraction of sp³-hybridized carbons (Fsp3) is 0.750. The van der Waals surface area contributed by atoms with Crippen LogP contribution in [0.5, 0.6) is 0 Å². The molecule has 0 amide bonds. The Morgan fingerprint density at radius 2 is 2.19 bits per heavy atom. The van der Waals surface area contributed by atoms with E-state index in [1.165, 1.54) is 20.0 Å². The van der Waals surface area contributed by atoms with E-state index in [9.17, 15) is 4.79 Å². The molecule has 0 atom stereocenters. The summed E-state index contributed by atoms with van der Waals surface area (Å²) in [5, 5.41) is 3.13. The van der Waals surface area contributed by atoms with Gasteiger partial charge in [0.05, 0.1) is 19.2 Å². The highest BCUT2D eigenvalue weighted by molar-refractivity contribution is 7.09. The van der Waals surface area contributed by atoms with Crippen molar-refractivity contribution in [1.82, 2.24) is 4.98 Å². The van der Waals surface area contributed by atoms with Crippen molar-refractivity contribution in [2.75, 3.05) is 13.7 Å². The van der Waals surface area contributed by atoms with Crippen molar-refractivity contribution in [3.05, 3.63) is 16.1 Å². The zero-order valence-electron chi connectivity index (χ0n) is 13.2. The van der Waals surface area contributed by atoms with E-state index < -0.39 is 0 Å². The first kappa shape index (κ1) is 16.4. The van der Waals surface area contributed by atoms with E-state index in [0.29, 0.717) is 19.4 Å². The van der Waals surface area contributed by atoms with Crippen molar-refractivity contribution in [3.8, 4) is 0 Å². The van der Waals surface area contributed by atoms with Gasteiger partial charge >= 0.3 is 5.97 Å². The van der Waals surface area contributed by atoms with Gasteiger partial charge in [-0.05, 0) is 38.5 Å². The maximum atomic E-state index is 11.2. The molecule has 0 bridgehead atoms. The molecular formula is C16H25NO3S. The fourth-order valence-corrected chi connectivity index (χ4v) is 3.95. The summed E-state index contributed by atoms with van der Waals surface area (Å²) in [7, 11) is 1.42. The van der Waals surface area contributed by atoms with E-state index >= 15 is 0 Å². The molecule has 0 N–H and O–H groups in total. The molecule has 2 rings (SSSR count). The van der Waals surface area contributed by atoms with E-state index in [2.05, 4.69) is 17.0 Å². The van der Waals surface area contributed by atoms with Gasteiger partial charge in [0.25, 0.3) is 0 Å². The Kier molecular flexibility index (Phi) is 5.76. The minimum atomic E-state index is -0.199. The number of carbonyl (C=O) groups is 1. The summed E-state index contributed by atoms with van der Waals surface area (Å²) >= 11 is 1.67. The molecule has 1 aliphatic carbocycles. The molecule has 1 saturated carbocycles. The Labute approximate surface area is 130 Å². The monoisotopic (exact) mass is 311 g/mol. The van der Waals surface area contributed by atoms with E-state index in [1.807, 2.05) is 6.92 Å². The number of ether oxygens (including phenoxy) is 2. The Bertz CT molecular complexity index is 464. The molecule has 4 nitrogen and oxygen atoms in total. The molecule has 0 unspecified atom stereocenters. The summed E-state index contributed by atoms with van der Waals surface area (Å²) in [4.78, 5) is 16.0. The van der Waals surface area contributed by atoms with Crippen molar-refractivity contribution >= 4 is 17.3 Å². The molecule has 118 valence electrons. The number of hydrogen-bond donors (Lipinski definition) is 0. The molecule has 1 aliphatic rings. The second-order valence-corrected chi connectivity index (χ2v) is 6.69. The first-order chi connectivity index (χ1) is 10.1. The van der Waals surface area contributed by atoms with Gasteiger partial charge < -0.3 is 9.47 Å². The molecular weight excluding hydrogens is 286 g/mol. The first-order valence-corrected chi connectivity index (χ1v) is 8.63. The molecule has 1 aromatic rings. The summed E-state index contributed by atoms with van der Waals surface area (Å²) in [6, 6.07) is 0. The van der Waals surface area contributed by atoms with Gasteiger partial charge in [0.1, 0.15) is 10.6 Å². The van der Waals surface area contributed by atoms with Gasteiger partial charge in [-0.1, -0.05) is 6.92 Å². The lowest BCUT2D eigenvalue weighted by Gasteiger charge is -2.37. The maximum Gasteiger partial charge on any atom is 0.305 e. The zero-order chi connectivity index (χ0) is 15.3. The van der Waals surface area contributed by atoms with Crippen LogP contribution in [0, 0.1) is 5.92 Å². The summed E-state index contributed by atoms with van der Waals surface area (Å²) in [6.07, 6.45) is 5.51. The van der Waals surface area contributed by atoms with Crippen LogP contribution in [0.1, 0.15) is 56.7 Å². The van der Waals surface area contributed by atoms with Crippen molar-refractivity contribution in [1.29, 1.82) is 0 Å². The van der Waals surface area contributed by atoms with Crippen molar-refractivity contribution in [2.45, 2.75) is 58.0 Å². The average molecular weight is 311 g/mol. The quantitative estimate of drug-likeness (QED) is 0.752. The van der Waals surface area contributed by atoms with Gasteiger partial charge in [-0.2, -0.15) is 0 Å². The first-order valence-electron chi connectivity index (χ1n) is 7.75. The molecule has 0 aromatic carbocycles. The minimum Gasteiger partial charge on any atom is -0.469 e. The molecule has 0 saturated heterocycles. The zero-order valence-corrected chi connectivity index (χ0v) is 14.0. The van der Waals surface area contributed by atoms with Crippen LogP contribution in [0.25, 0.3) is 0 Å². The number of methoxy groups -OCH3 is 1. The lowest BCUT2D eigenvalue weighted by Crippen LogP contribution is -2.34. The largest absolute Gasteiger partial charge is 0.469 e. The normalized spacial score (nSPS) is 25.8. The summed E-state index contributed by atoms with van der Waals surface area (Å²) < 4.78 is 10.8. The SMILES string of the molecule is CCOC1(c2nc(CCC(=O)OC)cs2)CCC(C)CC1. The number of rotatable bonds is 6. The Balaban J connectivity index is 2.07. The van der Waals surface area contributed by atoms with Crippen LogP contribution >= 0.6 is 11.3 Å². The summed E-state index contributed by atoms with van der Waals surface area (Å²) in [6.45, 7) is 5.07. The van der Waals surface area contributed by atoms with Gasteiger partial charge in [0.2, 0.25) is 0 Å². The van der Waals surface area contributed by atoms with Crippen LogP contribution in [0.2, 0.25) is 0 Å². The number of thiazole rings is 1. The molecule has 21 heavy (non-hydrogen) atoms. The van der Waals surface area contributed by atoms with Crippen LogP contribution in [0.3, 0.4) is 0 Å². The highest BCUT2D eigenvalue weighted by atomic mass is 32.1. The topological polar surface area (TPSA) is 48.4 Å². The summed E-state index contributed by atoms with van der Waals surface area (Å²) in [5.74, 6) is 0.591. The smallest absolute Gasteiger partial charge is 0.305 e. The van der Waals surface area contributed by atoms with Crippen LogP contribution in [0.4, 0.5) is 0 Å². The highest BCUT2D eigenvalue weighted by Crippen LogP contribution is 2.43. The number of hydrogen-bond acceptors (Lipinski definition) is 5. The fourth-order valence-electron chi connectivity index (χ4n) is 2.89. The van der Waals surface area contributed by atoms with Crippen LogP contribution in [-0.4, -0.2) is 24.7 Å². The second-order valence-electron chi connectivity index (χ2n) is 5.83. The molecule has 1 heterocycles. The predicted molar refractivity (Wildman–Crippen MR) is 83.4 cm³/mol. The number of aryl methyl sites for hydroxylation is 1. The van der Waals surface area contributed by atoms with E-state index in [0.717, 1.165) is 29.5 Å². The van der Waals surface area contributed by atoms with E-state index in [-0.39, 0.29) is 11.6 Å². The number of aromatic nitrogens is 1. The molecule has 0 aliphatic heterocycles. The second kappa shape index (κ2) is 7.36. The van der Waals surface area contributed by atoms with Crippen molar-refractivity contribution in [2.24, 2.45) is 5.92 Å². The lowest BCUT2D eigenvalue weighted by molar-refractivity contribution is -0.140. The Morgan fingerprint density at radius 1 is 1.48 bits per heavy atom. The summed E-state index contributed by atoms with van der Waals surface area (Å²) in [5.41, 5.74) is 0.771. The molecule has 0 radical (unpaired) electrons. The van der Waals surface area contributed by atoms with Gasteiger partial charge in [-0.25, -0.2) is 4.98 Å². The Morgan fingerprint density at radius 3 is 2.81 bits per heavy atom. The minimum absolute atomic E-state index is 0.185. The average Bonchev–Trinajstić information content (AvgIpc) is 2.97. The van der Waals surface area contributed by atoms with Gasteiger partial charge in [0, 0.05) is 18.4 Å². The molecule has 1 fully saturated rings. The number of nitrogens with zero attached hydrogens (tertiary/aromatic N) is 1. The van der Waals surface area contributed by atoms with Gasteiger partial charge in [-0.3, -0.25) is 4.79 Å². The van der Waals surface area contributed by atoms with E-state index in [1.54, 1.807) is 11.3 Å². The van der Waals surface area contributed by atoms with Gasteiger partial charge in [0.15, 0.2) is 0 Å². The Hall–Kier alpha value is -0.940. The van der Waals surface area contributed by atoms with Gasteiger partial charge in [-0.15, -0.1) is 11.3 Å². The van der Waals surface area contributed by atoms with Crippen LogP contribution in [0.15, 0.2) is 5.38 Å². The predicted octanol–water partition coefficient (Wildman–Crippen LogP) is 3.69. The van der Waals surface area contributed by atoms with E-state index in [4.69, 9.17) is 9.72 Å². The maximum absolute atomic E-state index is 11.2. The third kappa shape index (κ3) is 4.04. The van der Waals surface area contributed by atoms with Crippen molar-refractivity contribution in [3.63, 3.8) is 0 Å². The standard InChI is InChI=1S/C16H25NO3S/c1-4-20-16(9-7-12(2)8-10-16)15-17-13(11-21-15)5-6-14(18)19-3/h11-12H,4-10H2,1-3H3. The highest BCUT2D eigenvalue weighted by Gasteiger charge is 2.39. The molecule has 0 spiro atoms. The molecule has 1 aromatic heterocycles. The van der Waals surface area contributed by atoms with Crippen LogP contribution in [-0.2, 0) is 26.3 Å². The third-order valence-electron chi connectivity index (χ3n) is 4.26. The van der Waals surface area contributed by atoms with Crippen LogP contribution < -0.4 is 0 Å². The number of esters is 1. The third-order valence-corrected chi connectivity index (χ3v) is 5.33. The molecule has 5 heteroatoms. The van der Waals surface area contributed by atoms with Crippen molar-refractivity contribution < 1.29 is 14.3 Å².